The molecule has 0 amide bonds. The molecule has 1 aromatic carbocycles. The maximum atomic E-state index is 4.03. The summed E-state index contributed by atoms with van der Waals surface area (Å²) in [4.78, 5) is 1.27. The first-order chi connectivity index (χ1) is 6.36. The first kappa shape index (κ1) is 9.00. The van der Waals surface area contributed by atoms with Crippen molar-refractivity contribution in [2.45, 2.75) is 15.6 Å². The van der Waals surface area contributed by atoms with E-state index in [4.69, 9.17) is 0 Å². The van der Waals surface area contributed by atoms with Crippen LogP contribution in [0.1, 0.15) is 5.69 Å². The number of rotatable bonds is 2. The quantitative estimate of drug-likeness (QED) is 0.767. The summed E-state index contributed by atoms with van der Waals surface area (Å²) in [5, 5.41) is 4.03. The SMILES string of the molecule is Cc1nn[se]c1Sc1ccccc1. The Balaban J connectivity index is 2.20. The van der Waals surface area contributed by atoms with E-state index in [0.29, 0.717) is 0 Å². The first-order valence-electron chi connectivity index (χ1n) is 3.88. The molecule has 13 heavy (non-hydrogen) atoms. The molecule has 1 heterocycles. The molecule has 0 spiro atoms. The van der Waals surface area contributed by atoms with Gasteiger partial charge < -0.3 is 0 Å². The summed E-state index contributed by atoms with van der Waals surface area (Å²) in [5.74, 6) is 0. The normalized spacial score (nSPS) is 10.2. The van der Waals surface area contributed by atoms with E-state index in [-0.39, 0.29) is 14.7 Å². The van der Waals surface area contributed by atoms with Crippen molar-refractivity contribution in [3.8, 4) is 0 Å². The van der Waals surface area contributed by atoms with Crippen LogP contribution < -0.4 is 0 Å². The Kier molecular flexibility index (Phi) is 2.83. The van der Waals surface area contributed by atoms with Crippen LogP contribution >= 0.6 is 11.8 Å². The summed E-state index contributed by atoms with van der Waals surface area (Å²) in [6.07, 6.45) is 0. The van der Waals surface area contributed by atoms with Crippen molar-refractivity contribution in [1.82, 2.24) is 9.19 Å². The summed E-state index contributed by atoms with van der Waals surface area (Å²) >= 11 is 1.99. The molecule has 0 bridgehead atoms. The Morgan fingerprint density at radius 1 is 1.23 bits per heavy atom. The van der Waals surface area contributed by atoms with Crippen LogP contribution in [0.25, 0.3) is 0 Å². The molecule has 2 nitrogen and oxygen atoms in total. The second-order valence-electron chi connectivity index (χ2n) is 2.56. The zero-order valence-electron chi connectivity index (χ0n) is 7.10. The van der Waals surface area contributed by atoms with Crippen molar-refractivity contribution < 1.29 is 0 Å². The zero-order valence-corrected chi connectivity index (χ0v) is 9.63. The fraction of sp³-hybridized carbons (Fsp3) is 0.111. The van der Waals surface area contributed by atoms with Gasteiger partial charge in [-0.15, -0.1) is 0 Å². The first-order valence-corrected chi connectivity index (χ1v) is 6.32. The van der Waals surface area contributed by atoms with Crippen molar-refractivity contribution in [3.05, 3.63) is 36.0 Å². The Morgan fingerprint density at radius 2 is 2.00 bits per heavy atom. The second-order valence-corrected chi connectivity index (χ2v) is 5.81. The molecular formula is C9H8N2SSe. The molecule has 2 rings (SSSR count). The van der Waals surface area contributed by atoms with Gasteiger partial charge in [0.2, 0.25) is 0 Å². The second kappa shape index (κ2) is 4.09. The van der Waals surface area contributed by atoms with E-state index in [0.717, 1.165) is 5.69 Å². The van der Waals surface area contributed by atoms with Crippen molar-refractivity contribution in [2.75, 3.05) is 0 Å². The molecule has 0 fully saturated rings. The van der Waals surface area contributed by atoms with E-state index in [1.807, 2.05) is 13.0 Å². The summed E-state index contributed by atoms with van der Waals surface area (Å²) in [6.45, 7) is 2.02. The molecule has 0 aliphatic heterocycles. The minimum atomic E-state index is 0.213. The molecule has 4 heteroatoms. The van der Waals surface area contributed by atoms with Gasteiger partial charge in [0.25, 0.3) is 0 Å². The van der Waals surface area contributed by atoms with Crippen LogP contribution in [-0.2, 0) is 0 Å². The Hall–Kier alpha value is -0.571. The Labute approximate surface area is 87.4 Å². The zero-order chi connectivity index (χ0) is 9.10. The number of nitrogens with zero attached hydrogens (tertiary/aromatic N) is 2. The van der Waals surface area contributed by atoms with Crippen LogP contribution in [-0.4, -0.2) is 23.9 Å². The molecule has 0 saturated heterocycles. The van der Waals surface area contributed by atoms with Crippen LogP contribution in [0.3, 0.4) is 0 Å². The molecule has 0 atom stereocenters. The van der Waals surface area contributed by atoms with Gasteiger partial charge >= 0.3 is 87.3 Å². The van der Waals surface area contributed by atoms with E-state index in [2.05, 4.69) is 33.5 Å². The fourth-order valence-electron chi connectivity index (χ4n) is 0.914. The number of hydrogen-bond donors (Lipinski definition) is 0. The third-order valence-electron chi connectivity index (χ3n) is 1.56. The average Bonchev–Trinajstić information content (AvgIpc) is 2.54. The van der Waals surface area contributed by atoms with E-state index < -0.39 is 0 Å². The van der Waals surface area contributed by atoms with Crippen molar-refractivity contribution in [1.29, 1.82) is 0 Å². The van der Waals surface area contributed by atoms with E-state index >= 15 is 0 Å². The van der Waals surface area contributed by atoms with Gasteiger partial charge in [-0.3, -0.25) is 0 Å². The van der Waals surface area contributed by atoms with Gasteiger partial charge in [0.1, 0.15) is 0 Å². The molecule has 0 N–H and O–H groups in total. The predicted molar refractivity (Wildman–Crippen MR) is 54.3 cm³/mol. The third kappa shape index (κ3) is 2.21. The summed E-state index contributed by atoms with van der Waals surface area (Å²) < 4.78 is 5.35. The molecule has 0 radical (unpaired) electrons. The van der Waals surface area contributed by atoms with Crippen LogP contribution in [0.2, 0.25) is 0 Å². The van der Waals surface area contributed by atoms with Gasteiger partial charge in [-0.05, 0) is 0 Å². The third-order valence-corrected chi connectivity index (χ3v) is 4.77. The van der Waals surface area contributed by atoms with Gasteiger partial charge in [-0.1, -0.05) is 0 Å². The van der Waals surface area contributed by atoms with E-state index in [1.165, 1.54) is 8.66 Å². The van der Waals surface area contributed by atoms with Gasteiger partial charge in [0.05, 0.1) is 0 Å². The van der Waals surface area contributed by atoms with Crippen LogP contribution in [0, 0.1) is 6.92 Å². The van der Waals surface area contributed by atoms with Gasteiger partial charge in [-0.2, -0.15) is 0 Å². The molecular weight excluding hydrogens is 247 g/mol. The maximum absolute atomic E-state index is 4.03. The minimum absolute atomic E-state index is 0.213. The topological polar surface area (TPSA) is 25.8 Å². The fourth-order valence-corrected chi connectivity index (χ4v) is 3.52. The predicted octanol–water partition coefficient (Wildman–Crippen LogP) is 1.99. The van der Waals surface area contributed by atoms with E-state index in [9.17, 15) is 0 Å². The van der Waals surface area contributed by atoms with E-state index in [1.54, 1.807) is 11.8 Å². The van der Waals surface area contributed by atoms with Gasteiger partial charge in [-0.25, -0.2) is 0 Å². The Morgan fingerprint density at radius 3 is 2.62 bits per heavy atom. The van der Waals surface area contributed by atoms with Crippen molar-refractivity contribution >= 4 is 26.5 Å². The van der Waals surface area contributed by atoms with Crippen LogP contribution in [0.4, 0.5) is 0 Å². The van der Waals surface area contributed by atoms with Gasteiger partial charge in [0, 0.05) is 0 Å². The number of benzene rings is 1. The van der Waals surface area contributed by atoms with Gasteiger partial charge in [0.15, 0.2) is 0 Å². The molecule has 1 aromatic heterocycles. The monoisotopic (exact) mass is 256 g/mol. The summed E-state index contributed by atoms with van der Waals surface area (Å²) in [6, 6.07) is 10.3. The van der Waals surface area contributed by atoms with Crippen LogP contribution in [0.15, 0.2) is 39.0 Å². The molecule has 2 aromatic rings. The molecule has 0 unspecified atom stereocenters. The average molecular weight is 255 g/mol. The molecule has 0 aliphatic carbocycles. The number of aryl methyl sites for hydroxylation is 1. The molecule has 0 aliphatic rings. The summed E-state index contributed by atoms with van der Waals surface area (Å²) in [7, 11) is 0. The standard InChI is InChI=1S/C9H8N2SSe/c1-7-9(13-11-10-7)12-8-5-3-2-4-6-8/h2-6H,1H3. The molecule has 0 saturated carbocycles. The Bertz CT molecular complexity index is 386. The molecule has 66 valence electrons. The van der Waals surface area contributed by atoms with Crippen LogP contribution in [0.5, 0.6) is 0 Å². The number of hydrogen-bond acceptors (Lipinski definition) is 3. The van der Waals surface area contributed by atoms with Crippen molar-refractivity contribution in [3.63, 3.8) is 0 Å². The van der Waals surface area contributed by atoms with Crippen molar-refractivity contribution in [2.24, 2.45) is 0 Å². The summed E-state index contributed by atoms with van der Waals surface area (Å²) in [5.41, 5.74) is 1.08. The number of aromatic nitrogens is 2.